The minimum Gasteiger partial charge on any atom is -0.493 e. The molecule has 2 heterocycles. The molecule has 188 valence electrons. The van der Waals surface area contributed by atoms with Crippen molar-refractivity contribution in [1.82, 2.24) is 9.97 Å². The lowest BCUT2D eigenvalue weighted by atomic mass is 9.72. The van der Waals surface area contributed by atoms with E-state index in [2.05, 4.69) is 60.7 Å². The SMILES string of the molecule is COc1cc(-c2nc3sc4c(c3c(=O)[nH]2)CCC(C(C)(C)C)C4)cc(Br)c1OCc1cccc(C)c1. The number of H-pyrrole nitrogens is 1. The number of ether oxygens (including phenoxy) is 2. The smallest absolute Gasteiger partial charge is 0.260 e. The van der Waals surface area contributed by atoms with Gasteiger partial charge >= 0.3 is 0 Å². The third-order valence-electron chi connectivity index (χ3n) is 7.11. The van der Waals surface area contributed by atoms with Crippen molar-refractivity contribution in [1.29, 1.82) is 0 Å². The summed E-state index contributed by atoms with van der Waals surface area (Å²) in [5.41, 5.74) is 4.41. The van der Waals surface area contributed by atoms with Crippen molar-refractivity contribution in [3.8, 4) is 22.9 Å². The molecule has 5 nitrogen and oxygen atoms in total. The summed E-state index contributed by atoms with van der Waals surface area (Å²) in [4.78, 5) is 23.3. The number of hydrogen-bond donors (Lipinski definition) is 1. The van der Waals surface area contributed by atoms with E-state index in [0.717, 1.165) is 45.1 Å². The first-order valence-corrected chi connectivity index (χ1v) is 13.9. The quantitative estimate of drug-likeness (QED) is 0.272. The Kier molecular flexibility index (Phi) is 6.72. The van der Waals surface area contributed by atoms with Gasteiger partial charge in [0, 0.05) is 10.4 Å². The summed E-state index contributed by atoms with van der Waals surface area (Å²) in [6.07, 6.45) is 3.06. The predicted molar refractivity (Wildman–Crippen MR) is 150 cm³/mol. The zero-order valence-electron chi connectivity index (χ0n) is 21.3. The topological polar surface area (TPSA) is 64.2 Å². The lowest BCUT2D eigenvalue weighted by molar-refractivity contribution is 0.218. The molecule has 1 atom stereocenters. The largest absolute Gasteiger partial charge is 0.493 e. The Hall–Kier alpha value is -2.64. The first kappa shape index (κ1) is 25.0. The molecule has 0 radical (unpaired) electrons. The van der Waals surface area contributed by atoms with Gasteiger partial charge in [0.15, 0.2) is 11.5 Å². The molecule has 1 aliphatic rings. The highest BCUT2D eigenvalue weighted by Crippen LogP contribution is 2.43. The average molecular weight is 568 g/mol. The average Bonchev–Trinajstić information content (AvgIpc) is 3.20. The zero-order valence-corrected chi connectivity index (χ0v) is 23.7. The van der Waals surface area contributed by atoms with Crippen molar-refractivity contribution in [2.75, 3.05) is 7.11 Å². The second kappa shape index (κ2) is 9.67. The van der Waals surface area contributed by atoms with Crippen LogP contribution in [0.4, 0.5) is 0 Å². The molecule has 2 aromatic heterocycles. The van der Waals surface area contributed by atoms with Crippen molar-refractivity contribution in [2.24, 2.45) is 11.3 Å². The van der Waals surface area contributed by atoms with Crippen LogP contribution in [0.25, 0.3) is 21.6 Å². The van der Waals surface area contributed by atoms with Crippen molar-refractivity contribution < 1.29 is 9.47 Å². The summed E-state index contributed by atoms with van der Waals surface area (Å²) >= 11 is 5.31. The fraction of sp³-hybridized carbons (Fsp3) is 0.379. The maximum atomic E-state index is 13.2. The Balaban J connectivity index is 1.48. The third-order valence-corrected chi connectivity index (χ3v) is 8.85. The number of nitrogens with one attached hydrogen (secondary N) is 1. The number of benzene rings is 2. The number of aromatic amines is 1. The van der Waals surface area contributed by atoms with E-state index in [1.807, 2.05) is 24.3 Å². The molecule has 5 rings (SSSR count). The Bertz CT molecular complexity index is 1500. The molecule has 0 saturated heterocycles. The summed E-state index contributed by atoms with van der Waals surface area (Å²) in [5.74, 6) is 2.34. The molecule has 0 saturated carbocycles. The van der Waals surface area contributed by atoms with Gasteiger partial charge in [-0.2, -0.15) is 0 Å². The van der Waals surface area contributed by atoms with Gasteiger partial charge in [0.1, 0.15) is 17.3 Å². The Morgan fingerprint density at radius 1 is 1.22 bits per heavy atom. The maximum Gasteiger partial charge on any atom is 0.260 e. The number of rotatable bonds is 5. The standard InChI is InChI=1S/C29H31BrN2O3S/c1-16-7-6-8-17(11-16)15-35-25-21(30)12-18(13-22(25)34-5)26-31-27(33)24-20-10-9-19(29(2,3)4)14-23(20)36-28(24)32-26/h6-8,11-13,19H,9-10,14-15H2,1-5H3,(H,31,32,33). The number of fused-ring (bicyclic) bond motifs is 3. The molecule has 2 aromatic carbocycles. The van der Waals surface area contributed by atoms with Crippen molar-refractivity contribution in [2.45, 2.75) is 53.6 Å². The van der Waals surface area contributed by atoms with Gasteiger partial charge in [-0.25, -0.2) is 4.98 Å². The normalized spacial score (nSPS) is 15.7. The summed E-state index contributed by atoms with van der Waals surface area (Å²) < 4.78 is 12.5. The summed E-state index contributed by atoms with van der Waals surface area (Å²) in [6.45, 7) is 9.40. The van der Waals surface area contributed by atoms with Gasteiger partial charge in [0.25, 0.3) is 5.56 Å². The number of nitrogens with zero attached hydrogens (tertiary/aromatic N) is 1. The zero-order chi connectivity index (χ0) is 25.6. The van der Waals surface area contributed by atoms with Gasteiger partial charge in [-0.1, -0.05) is 50.6 Å². The van der Waals surface area contributed by atoms with Crippen LogP contribution in [0, 0.1) is 18.3 Å². The lowest BCUT2D eigenvalue weighted by Crippen LogP contribution is -2.26. The van der Waals surface area contributed by atoms with E-state index < -0.39 is 0 Å². The van der Waals surface area contributed by atoms with E-state index in [1.165, 1.54) is 16.0 Å². The molecule has 0 aliphatic heterocycles. The Morgan fingerprint density at radius 3 is 2.75 bits per heavy atom. The van der Waals surface area contributed by atoms with Crippen LogP contribution in [0.1, 0.15) is 48.8 Å². The van der Waals surface area contributed by atoms with Gasteiger partial charge in [-0.3, -0.25) is 4.79 Å². The third kappa shape index (κ3) is 4.83. The summed E-state index contributed by atoms with van der Waals surface area (Å²) in [6, 6.07) is 12.0. The van der Waals surface area contributed by atoms with Gasteiger partial charge in [0.2, 0.25) is 0 Å². The minimum atomic E-state index is -0.0726. The van der Waals surface area contributed by atoms with Crippen LogP contribution < -0.4 is 15.0 Å². The van der Waals surface area contributed by atoms with Gasteiger partial charge in [-0.15, -0.1) is 11.3 Å². The van der Waals surface area contributed by atoms with E-state index >= 15 is 0 Å². The number of thiophene rings is 1. The van der Waals surface area contributed by atoms with Gasteiger partial charge < -0.3 is 14.5 Å². The van der Waals surface area contributed by atoms with E-state index in [0.29, 0.717) is 29.8 Å². The number of aryl methyl sites for hydroxylation is 2. The molecule has 0 bridgehead atoms. The van der Waals surface area contributed by atoms with E-state index in [1.54, 1.807) is 18.4 Å². The highest BCUT2D eigenvalue weighted by molar-refractivity contribution is 9.10. The van der Waals surface area contributed by atoms with Crippen LogP contribution in [0.5, 0.6) is 11.5 Å². The van der Waals surface area contributed by atoms with Gasteiger partial charge in [0.05, 0.1) is 17.0 Å². The van der Waals surface area contributed by atoms with Crippen LogP contribution >= 0.6 is 27.3 Å². The Morgan fingerprint density at radius 2 is 2.03 bits per heavy atom. The highest BCUT2D eigenvalue weighted by atomic mass is 79.9. The van der Waals surface area contributed by atoms with E-state index in [-0.39, 0.29) is 11.0 Å². The van der Waals surface area contributed by atoms with Crippen LogP contribution in [0.15, 0.2) is 45.7 Å². The summed E-state index contributed by atoms with van der Waals surface area (Å²) in [5, 5.41) is 0.759. The fourth-order valence-corrected chi connectivity index (χ4v) is 6.87. The number of methoxy groups -OCH3 is 1. The maximum absolute atomic E-state index is 13.2. The predicted octanol–water partition coefficient (Wildman–Crippen LogP) is 7.46. The van der Waals surface area contributed by atoms with Crippen molar-refractivity contribution in [3.05, 3.63) is 72.8 Å². The molecular formula is C29H31BrN2O3S. The minimum absolute atomic E-state index is 0.0726. The van der Waals surface area contributed by atoms with Crippen LogP contribution in [-0.2, 0) is 19.4 Å². The first-order valence-electron chi connectivity index (χ1n) is 12.2. The second-order valence-corrected chi connectivity index (χ2v) is 12.6. The first-order chi connectivity index (χ1) is 17.1. The molecule has 7 heteroatoms. The number of aromatic nitrogens is 2. The molecule has 36 heavy (non-hydrogen) atoms. The molecule has 1 unspecified atom stereocenters. The molecule has 4 aromatic rings. The highest BCUT2D eigenvalue weighted by Gasteiger charge is 2.31. The molecule has 1 N–H and O–H groups in total. The molecule has 0 spiro atoms. The van der Waals surface area contributed by atoms with Crippen molar-refractivity contribution in [3.63, 3.8) is 0 Å². The second-order valence-electron chi connectivity index (χ2n) is 10.7. The van der Waals surface area contributed by atoms with E-state index in [9.17, 15) is 4.79 Å². The number of halogens is 1. The fourth-order valence-electron chi connectivity index (χ4n) is 5.01. The molecular weight excluding hydrogens is 536 g/mol. The Labute approximate surface area is 224 Å². The number of hydrogen-bond acceptors (Lipinski definition) is 5. The van der Waals surface area contributed by atoms with Crippen molar-refractivity contribution >= 4 is 37.5 Å². The van der Waals surface area contributed by atoms with Gasteiger partial charge in [-0.05, 0) is 76.7 Å². The summed E-state index contributed by atoms with van der Waals surface area (Å²) in [7, 11) is 1.61. The van der Waals surface area contributed by atoms with Crippen LogP contribution in [-0.4, -0.2) is 17.1 Å². The molecule has 0 fully saturated rings. The van der Waals surface area contributed by atoms with Crippen LogP contribution in [0.3, 0.4) is 0 Å². The molecule has 0 amide bonds. The van der Waals surface area contributed by atoms with Crippen LogP contribution in [0.2, 0.25) is 0 Å². The monoisotopic (exact) mass is 566 g/mol. The lowest BCUT2D eigenvalue weighted by Gasteiger charge is -2.33. The molecule has 1 aliphatic carbocycles. The van der Waals surface area contributed by atoms with E-state index in [4.69, 9.17) is 14.5 Å².